The third kappa shape index (κ3) is 3.80. The number of aliphatic hydroxyl groups is 1. The maximum atomic E-state index is 9.71. The average Bonchev–Trinajstić information content (AvgIpc) is 2.89. The molecule has 2 heterocycles. The molecule has 1 fully saturated rings. The van der Waals surface area contributed by atoms with Crippen LogP contribution >= 0.6 is 0 Å². The number of methoxy groups -OCH3 is 1. The van der Waals surface area contributed by atoms with E-state index in [0.717, 1.165) is 26.1 Å². The van der Waals surface area contributed by atoms with Gasteiger partial charge < -0.3 is 14.7 Å². The van der Waals surface area contributed by atoms with Crippen molar-refractivity contribution in [3.63, 3.8) is 0 Å². The highest BCUT2D eigenvalue weighted by molar-refractivity contribution is 5.05. The first-order chi connectivity index (χ1) is 8.67. The Hall–Kier alpha value is -0.910. The molecule has 2 atom stereocenters. The fourth-order valence-corrected chi connectivity index (χ4v) is 2.70. The van der Waals surface area contributed by atoms with Gasteiger partial charge in [0.15, 0.2) is 0 Å². The summed E-state index contributed by atoms with van der Waals surface area (Å²) in [5.41, 5.74) is 1.31. The highest BCUT2D eigenvalue weighted by Crippen LogP contribution is 2.20. The summed E-state index contributed by atoms with van der Waals surface area (Å²) >= 11 is 0. The predicted molar refractivity (Wildman–Crippen MR) is 69.3 cm³/mol. The molecule has 0 spiro atoms. The highest BCUT2D eigenvalue weighted by Gasteiger charge is 2.24. The Labute approximate surface area is 108 Å². The second-order valence-electron chi connectivity index (χ2n) is 5.25. The van der Waals surface area contributed by atoms with Crippen LogP contribution < -0.4 is 0 Å². The zero-order valence-corrected chi connectivity index (χ0v) is 11.2. The molecule has 2 rings (SSSR count). The molecule has 1 saturated heterocycles. The Bertz CT molecular complexity index is 367. The van der Waals surface area contributed by atoms with Crippen molar-refractivity contribution in [2.24, 2.45) is 13.0 Å². The molecule has 0 aromatic carbocycles. The van der Waals surface area contributed by atoms with Crippen LogP contribution in [0.5, 0.6) is 0 Å². The quantitative estimate of drug-likeness (QED) is 0.792. The molecule has 1 aromatic rings. The van der Waals surface area contributed by atoms with Gasteiger partial charge in [0.25, 0.3) is 0 Å². The predicted octanol–water partition coefficient (Wildman–Crippen LogP) is 0.292. The summed E-state index contributed by atoms with van der Waals surface area (Å²) in [4.78, 5) is 2.32. The number of hydrogen-bond acceptors (Lipinski definition) is 4. The average molecular weight is 253 g/mol. The largest absolute Gasteiger partial charge is 0.389 e. The van der Waals surface area contributed by atoms with Crippen LogP contribution in [0.2, 0.25) is 0 Å². The molecule has 1 N–H and O–H groups in total. The molecule has 18 heavy (non-hydrogen) atoms. The van der Waals surface area contributed by atoms with Gasteiger partial charge >= 0.3 is 0 Å². The summed E-state index contributed by atoms with van der Waals surface area (Å²) in [6.45, 7) is 3.28. The zero-order valence-electron chi connectivity index (χ0n) is 11.2. The maximum absolute atomic E-state index is 9.71. The van der Waals surface area contributed by atoms with Gasteiger partial charge in [0.2, 0.25) is 0 Å². The lowest BCUT2D eigenvalue weighted by Crippen LogP contribution is -2.33. The van der Waals surface area contributed by atoms with E-state index in [0.29, 0.717) is 12.5 Å². The highest BCUT2D eigenvalue weighted by atomic mass is 16.5. The van der Waals surface area contributed by atoms with E-state index >= 15 is 0 Å². The molecule has 0 aliphatic carbocycles. The Morgan fingerprint density at radius 1 is 1.61 bits per heavy atom. The van der Waals surface area contributed by atoms with E-state index in [-0.39, 0.29) is 6.10 Å². The fraction of sp³-hybridized carbons (Fsp3) is 0.769. The van der Waals surface area contributed by atoms with Crippen molar-refractivity contribution in [1.82, 2.24) is 14.7 Å². The molecule has 1 aliphatic heterocycles. The van der Waals surface area contributed by atoms with Crippen molar-refractivity contribution >= 4 is 0 Å². The Kier molecular flexibility index (Phi) is 4.74. The maximum Gasteiger partial charge on any atom is 0.0900 e. The van der Waals surface area contributed by atoms with E-state index < -0.39 is 0 Å². The second kappa shape index (κ2) is 6.31. The number of β-amino-alcohol motifs (C(OH)–C–C–N with tert-alkyl or cyclic N) is 1. The van der Waals surface area contributed by atoms with Crippen LogP contribution in [0, 0.1) is 5.92 Å². The van der Waals surface area contributed by atoms with Gasteiger partial charge in [-0.3, -0.25) is 4.68 Å². The van der Waals surface area contributed by atoms with E-state index in [2.05, 4.69) is 16.2 Å². The monoisotopic (exact) mass is 253 g/mol. The molecule has 1 aliphatic rings. The summed E-state index contributed by atoms with van der Waals surface area (Å²) in [5.74, 6) is 0.684. The van der Waals surface area contributed by atoms with Crippen LogP contribution in [-0.2, 0) is 18.2 Å². The Morgan fingerprint density at radius 3 is 3.11 bits per heavy atom. The first kappa shape index (κ1) is 13.5. The number of rotatable bonds is 6. The van der Waals surface area contributed by atoms with Gasteiger partial charge in [-0.05, 0) is 30.9 Å². The fourth-order valence-electron chi connectivity index (χ4n) is 2.70. The number of likely N-dealkylation sites (tertiary alicyclic amines) is 1. The topological polar surface area (TPSA) is 50.5 Å². The van der Waals surface area contributed by atoms with Gasteiger partial charge in [-0.25, -0.2) is 0 Å². The number of aryl methyl sites for hydroxylation is 1. The summed E-state index contributed by atoms with van der Waals surface area (Å²) in [5, 5.41) is 13.9. The van der Waals surface area contributed by atoms with Crippen LogP contribution in [0.4, 0.5) is 0 Å². The molecule has 0 radical (unpaired) electrons. The second-order valence-corrected chi connectivity index (χ2v) is 5.25. The normalized spacial score (nSPS) is 22.5. The minimum Gasteiger partial charge on any atom is -0.389 e. The molecule has 102 valence electrons. The molecule has 0 amide bonds. The van der Waals surface area contributed by atoms with Gasteiger partial charge in [0.1, 0.15) is 0 Å². The van der Waals surface area contributed by atoms with Crippen molar-refractivity contribution in [2.45, 2.75) is 18.9 Å². The van der Waals surface area contributed by atoms with E-state index in [4.69, 9.17) is 4.74 Å². The van der Waals surface area contributed by atoms with Crippen molar-refractivity contribution in [1.29, 1.82) is 0 Å². The summed E-state index contributed by atoms with van der Waals surface area (Å²) < 4.78 is 6.80. The number of hydrogen-bond donors (Lipinski definition) is 1. The molecular formula is C13H23N3O2. The van der Waals surface area contributed by atoms with Gasteiger partial charge in [0, 0.05) is 33.4 Å². The van der Waals surface area contributed by atoms with Crippen LogP contribution in [0.25, 0.3) is 0 Å². The number of ether oxygens (including phenoxy) is 1. The van der Waals surface area contributed by atoms with E-state index in [1.165, 1.54) is 12.0 Å². The first-order valence-corrected chi connectivity index (χ1v) is 6.54. The molecule has 0 bridgehead atoms. The number of aliphatic hydroxyl groups excluding tert-OH is 1. The summed E-state index contributed by atoms with van der Waals surface area (Å²) in [6, 6.07) is 0. The number of aromatic nitrogens is 2. The van der Waals surface area contributed by atoms with Crippen molar-refractivity contribution < 1.29 is 9.84 Å². The lowest BCUT2D eigenvalue weighted by Gasteiger charge is -2.19. The lowest BCUT2D eigenvalue weighted by molar-refractivity contribution is 0.0421. The lowest BCUT2D eigenvalue weighted by atomic mass is 10.0. The minimum atomic E-state index is -0.368. The molecule has 5 heteroatoms. The minimum absolute atomic E-state index is 0.368. The standard InChI is InChI=1S/C13H23N3O2/c1-15-7-12(6-14-15)5-11-3-4-16(8-11)9-13(17)10-18-2/h6-7,11,13,17H,3-5,8-10H2,1-2H3. The molecule has 1 aromatic heterocycles. The van der Waals surface area contributed by atoms with Gasteiger partial charge in [-0.1, -0.05) is 0 Å². The van der Waals surface area contributed by atoms with Crippen LogP contribution in [0.1, 0.15) is 12.0 Å². The van der Waals surface area contributed by atoms with Gasteiger partial charge in [0.05, 0.1) is 18.9 Å². The first-order valence-electron chi connectivity index (χ1n) is 6.54. The van der Waals surface area contributed by atoms with Gasteiger partial charge in [-0.2, -0.15) is 5.10 Å². The van der Waals surface area contributed by atoms with Crippen LogP contribution in [0.3, 0.4) is 0 Å². The van der Waals surface area contributed by atoms with E-state index in [1.807, 2.05) is 17.9 Å². The van der Waals surface area contributed by atoms with Crippen LogP contribution in [0.15, 0.2) is 12.4 Å². The molecule has 2 unspecified atom stereocenters. The molecule has 0 saturated carbocycles. The number of nitrogens with zero attached hydrogens (tertiary/aromatic N) is 3. The Balaban J connectivity index is 1.74. The van der Waals surface area contributed by atoms with Crippen LogP contribution in [-0.4, -0.2) is 59.2 Å². The summed E-state index contributed by atoms with van der Waals surface area (Å²) in [7, 11) is 3.57. The molecular weight excluding hydrogens is 230 g/mol. The van der Waals surface area contributed by atoms with E-state index in [9.17, 15) is 5.11 Å². The SMILES string of the molecule is COCC(O)CN1CCC(Cc2cnn(C)c2)C1. The molecule has 5 nitrogen and oxygen atoms in total. The van der Waals surface area contributed by atoms with E-state index in [1.54, 1.807) is 7.11 Å². The third-order valence-electron chi connectivity index (χ3n) is 3.48. The van der Waals surface area contributed by atoms with Crippen molar-refractivity contribution in [2.75, 3.05) is 33.4 Å². The summed E-state index contributed by atoms with van der Waals surface area (Å²) in [6.07, 6.45) is 5.96. The smallest absolute Gasteiger partial charge is 0.0900 e. The zero-order chi connectivity index (χ0) is 13.0. The van der Waals surface area contributed by atoms with Crippen molar-refractivity contribution in [3.8, 4) is 0 Å². The third-order valence-corrected chi connectivity index (χ3v) is 3.48. The van der Waals surface area contributed by atoms with Gasteiger partial charge in [-0.15, -0.1) is 0 Å². The van der Waals surface area contributed by atoms with Crippen molar-refractivity contribution in [3.05, 3.63) is 18.0 Å². The Morgan fingerprint density at radius 2 is 2.44 bits per heavy atom.